The van der Waals surface area contributed by atoms with Crippen molar-refractivity contribution in [1.29, 1.82) is 0 Å². The number of hydrogen-bond acceptors (Lipinski definition) is 4. The van der Waals surface area contributed by atoms with Gasteiger partial charge in [-0.3, -0.25) is 9.48 Å². The number of nitrogens with one attached hydrogen (secondary N) is 2. The zero-order valence-electron chi connectivity index (χ0n) is 16.4. The van der Waals surface area contributed by atoms with E-state index in [-0.39, 0.29) is 35.4 Å². The Labute approximate surface area is 171 Å². The van der Waals surface area contributed by atoms with Crippen LogP contribution in [-0.2, 0) is 11.7 Å². The van der Waals surface area contributed by atoms with E-state index >= 15 is 0 Å². The van der Waals surface area contributed by atoms with Gasteiger partial charge in [-0.25, -0.2) is 4.98 Å². The molecule has 0 bridgehead atoms. The largest absolute Gasteiger partial charge is 0.417 e. The molecule has 2 N–H and O–H groups in total. The molecule has 2 aromatic heterocycles. The smallest absolute Gasteiger partial charge is 0.367 e. The van der Waals surface area contributed by atoms with E-state index in [4.69, 9.17) is 11.6 Å². The normalized spacial score (nSPS) is 14.7. The maximum absolute atomic E-state index is 12.7. The van der Waals surface area contributed by atoms with E-state index in [1.165, 1.54) is 0 Å². The summed E-state index contributed by atoms with van der Waals surface area (Å²) in [6, 6.07) is 2.65. The molecule has 0 radical (unpaired) electrons. The van der Waals surface area contributed by atoms with Gasteiger partial charge in [0.15, 0.2) is 0 Å². The number of halogens is 4. The van der Waals surface area contributed by atoms with Gasteiger partial charge in [-0.05, 0) is 45.7 Å². The standard InChI is InChI=1S/C19H23ClF3N5O/c1-18(2,3)28-15(9-14(27-28)11-4-5-11)17(29)25-7-6-24-16-13(20)8-12(10-26-16)19(21,22)23/h8-11H,4-7H2,1-3H3,(H,24,26)(H,25,29). The molecule has 158 valence electrons. The first-order valence-electron chi connectivity index (χ1n) is 9.32. The van der Waals surface area contributed by atoms with Crippen molar-refractivity contribution >= 4 is 23.3 Å². The monoisotopic (exact) mass is 429 g/mol. The lowest BCUT2D eigenvalue weighted by Gasteiger charge is -2.22. The average Bonchev–Trinajstić information content (AvgIpc) is 3.35. The summed E-state index contributed by atoms with van der Waals surface area (Å²) >= 11 is 5.86. The van der Waals surface area contributed by atoms with Crippen molar-refractivity contribution in [3.63, 3.8) is 0 Å². The minimum atomic E-state index is -4.50. The first-order valence-corrected chi connectivity index (χ1v) is 9.70. The van der Waals surface area contributed by atoms with Crippen LogP contribution in [0.15, 0.2) is 18.3 Å². The molecule has 1 aliphatic rings. The van der Waals surface area contributed by atoms with Crippen molar-refractivity contribution in [3.05, 3.63) is 40.3 Å². The summed E-state index contributed by atoms with van der Waals surface area (Å²) in [5, 5.41) is 10.1. The van der Waals surface area contributed by atoms with E-state index < -0.39 is 11.7 Å². The summed E-state index contributed by atoms with van der Waals surface area (Å²) in [4.78, 5) is 16.3. The van der Waals surface area contributed by atoms with Gasteiger partial charge in [0.05, 0.1) is 21.8 Å². The fraction of sp³-hybridized carbons (Fsp3) is 0.526. The van der Waals surface area contributed by atoms with Crippen LogP contribution in [0.25, 0.3) is 0 Å². The Kier molecular flexibility index (Phi) is 5.80. The van der Waals surface area contributed by atoms with Crippen LogP contribution in [0.4, 0.5) is 19.0 Å². The molecule has 0 spiro atoms. The Morgan fingerprint density at radius 3 is 2.48 bits per heavy atom. The average molecular weight is 430 g/mol. The lowest BCUT2D eigenvalue weighted by Crippen LogP contribution is -2.34. The molecule has 0 aromatic carbocycles. The SMILES string of the molecule is CC(C)(C)n1nc(C2CC2)cc1C(=O)NCCNc1ncc(C(F)(F)F)cc1Cl. The first-order chi connectivity index (χ1) is 13.5. The molecule has 1 saturated carbocycles. The molecule has 0 unspecified atom stereocenters. The van der Waals surface area contributed by atoms with E-state index in [9.17, 15) is 18.0 Å². The van der Waals surface area contributed by atoms with Gasteiger partial charge < -0.3 is 10.6 Å². The van der Waals surface area contributed by atoms with Gasteiger partial charge in [0.2, 0.25) is 0 Å². The summed E-state index contributed by atoms with van der Waals surface area (Å²) in [5.41, 5.74) is 0.174. The third kappa shape index (κ3) is 5.20. The Hall–Kier alpha value is -2.29. The number of aromatic nitrogens is 3. The van der Waals surface area contributed by atoms with Crippen molar-refractivity contribution in [1.82, 2.24) is 20.1 Å². The van der Waals surface area contributed by atoms with Crippen LogP contribution in [0.3, 0.4) is 0 Å². The van der Waals surface area contributed by atoms with Crippen molar-refractivity contribution < 1.29 is 18.0 Å². The number of anilines is 1. The zero-order valence-corrected chi connectivity index (χ0v) is 17.2. The van der Waals surface area contributed by atoms with Crippen LogP contribution in [0, 0.1) is 0 Å². The van der Waals surface area contributed by atoms with Gasteiger partial charge in [-0.2, -0.15) is 18.3 Å². The van der Waals surface area contributed by atoms with Crippen LogP contribution in [-0.4, -0.2) is 33.8 Å². The molecule has 6 nitrogen and oxygen atoms in total. The summed E-state index contributed by atoms with van der Waals surface area (Å²) in [6.07, 6.45) is -1.60. The fourth-order valence-corrected chi connectivity index (χ4v) is 3.05. The van der Waals surface area contributed by atoms with Crippen LogP contribution < -0.4 is 10.6 Å². The maximum atomic E-state index is 12.7. The second-order valence-corrected chi connectivity index (χ2v) is 8.45. The molecule has 2 heterocycles. The molecule has 0 aliphatic heterocycles. The molecule has 10 heteroatoms. The van der Waals surface area contributed by atoms with Crippen molar-refractivity contribution in [2.75, 3.05) is 18.4 Å². The predicted molar refractivity (Wildman–Crippen MR) is 104 cm³/mol. The summed E-state index contributed by atoms with van der Waals surface area (Å²) in [7, 11) is 0. The molecule has 3 rings (SSSR count). The summed E-state index contributed by atoms with van der Waals surface area (Å²) in [5.74, 6) is 0.303. The second-order valence-electron chi connectivity index (χ2n) is 8.05. The summed E-state index contributed by atoms with van der Waals surface area (Å²) in [6.45, 7) is 6.43. The predicted octanol–water partition coefficient (Wildman–Crippen LogP) is 4.42. The zero-order chi connectivity index (χ0) is 21.4. The third-order valence-corrected chi connectivity index (χ3v) is 4.75. The van der Waals surface area contributed by atoms with Crippen LogP contribution >= 0.6 is 11.6 Å². The number of rotatable bonds is 6. The van der Waals surface area contributed by atoms with Crippen molar-refractivity contribution in [2.45, 2.75) is 51.2 Å². The molecule has 1 aliphatic carbocycles. The van der Waals surface area contributed by atoms with E-state index in [1.807, 2.05) is 26.8 Å². The number of hydrogen-bond donors (Lipinski definition) is 2. The van der Waals surface area contributed by atoms with Gasteiger partial charge in [-0.1, -0.05) is 11.6 Å². The number of pyridine rings is 1. The molecule has 1 fully saturated rings. The minimum Gasteiger partial charge on any atom is -0.367 e. The quantitative estimate of drug-likeness (QED) is 0.666. The molecule has 0 atom stereocenters. The topological polar surface area (TPSA) is 71.8 Å². The number of amides is 1. The Morgan fingerprint density at radius 1 is 1.24 bits per heavy atom. The summed E-state index contributed by atoms with van der Waals surface area (Å²) < 4.78 is 39.7. The number of carbonyl (C=O) groups excluding carboxylic acids is 1. The van der Waals surface area contributed by atoms with Gasteiger partial charge in [0.1, 0.15) is 11.5 Å². The van der Waals surface area contributed by atoms with E-state index in [1.54, 1.807) is 4.68 Å². The van der Waals surface area contributed by atoms with Crippen molar-refractivity contribution in [3.8, 4) is 0 Å². The maximum Gasteiger partial charge on any atom is 0.417 e. The third-order valence-electron chi connectivity index (χ3n) is 4.46. The lowest BCUT2D eigenvalue weighted by atomic mass is 10.1. The molecular weight excluding hydrogens is 407 g/mol. The second kappa shape index (κ2) is 7.85. The van der Waals surface area contributed by atoms with Gasteiger partial charge in [0.25, 0.3) is 5.91 Å². The van der Waals surface area contributed by atoms with Crippen LogP contribution in [0.1, 0.15) is 61.3 Å². The fourth-order valence-electron chi connectivity index (χ4n) is 2.82. The van der Waals surface area contributed by atoms with E-state index in [2.05, 4.69) is 20.7 Å². The molecule has 0 saturated heterocycles. The van der Waals surface area contributed by atoms with Gasteiger partial charge >= 0.3 is 6.18 Å². The van der Waals surface area contributed by atoms with Gasteiger partial charge in [-0.15, -0.1) is 0 Å². The van der Waals surface area contributed by atoms with Crippen LogP contribution in [0.5, 0.6) is 0 Å². The van der Waals surface area contributed by atoms with E-state index in [0.717, 1.165) is 24.6 Å². The minimum absolute atomic E-state index is 0.129. The first kappa shape index (κ1) is 21.4. The number of nitrogens with zero attached hydrogens (tertiary/aromatic N) is 3. The Bertz CT molecular complexity index is 900. The van der Waals surface area contributed by atoms with Crippen molar-refractivity contribution in [2.24, 2.45) is 0 Å². The Balaban J connectivity index is 1.58. The molecule has 2 aromatic rings. The van der Waals surface area contributed by atoms with Crippen LogP contribution in [0.2, 0.25) is 5.02 Å². The highest BCUT2D eigenvalue weighted by atomic mass is 35.5. The number of alkyl halides is 3. The highest BCUT2D eigenvalue weighted by Gasteiger charge is 2.32. The molecule has 29 heavy (non-hydrogen) atoms. The van der Waals surface area contributed by atoms with E-state index in [0.29, 0.717) is 17.8 Å². The Morgan fingerprint density at radius 2 is 1.93 bits per heavy atom. The molecular formula is C19H23ClF3N5O. The molecule has 1 amide bonds. The van der Waals surface area contributed by atoms with Gasteiger partial charge in [0, 0.05) is 25.2 Å². The lowest BCUT2D eigenvalue weighted by molar-refractivity contribution is -0.137. The number of carbonyl (C=O) groups is 1. The highest BCUT2D eigenvalue weighted by Crippen LogP contribution is 2.40. The highest BCUT2D eigenvalue weighted by molar-refractivity contribution is 6.32.